The number of benzene rings is 3. The molecule has 2 aromatic heterocycles. The van der Waals surface area contributed by atoms with E-state index in [0.29, 0.717) is 23.9 Å². The van der Waals surface area contributed by atoms with Gasteiger partial charge in [0.05, 0.1) is 10.9 Å². The van der Waals surface area contributed by atoms with Gasteiger partial charge in [-0.1, -0.05) is 60.2 Å². The topological polar surface area (TPSA) is 84.7 Å². The number of aromatic nitrogens is 1. The Morgan fingerprint density at radius 1 is 1.05 bits per heavy atom. The second-order valence-electron chi connectivity index (χ2n) is 9.63. The molecule has 0 bridgehead atoms. The maximum absolute atomic E-state index is 13.5. The number of carbonyl (C=O) groups is 2. The molecule has 8 heteroatoms. The molecule has 0 radical (unpaired) electrons. The van der Waals surface area contributed by atoms with E-state index in [1.807, 2.05) is 83.9 Å². The molecule has 2 amide bonds. The van der Waals surface area contributed by atoms with Gasteiger partial charge in [0.15, 0.2) is 12.3 Å². The number of thiophene rings is 1. The predicted octanol–water partition coefficient (Wildman–Crippen LogP) is 6.66. The molecule has 1 aliphatic heterocycles. The summed E-state index contributed by atoms with van der Waals surface area (Å²) in [5.74, 6) is 0.598. The highest BCUT2D eigenvalue weighted by atomic mass is 32.1. The Labute approximate surface area is 236 Å². The second kappa shape index (κ2) is 11.2. The summed E-state index contributed by atoms with van der Waals surface area (Å²) in [5.41, 5.74) is 5.23. The number of aryl methyl sites for hydroxylation is 1. The van der Waals surface area contributed by atoms with Crippen LogP contribution in [0, 0.1) is 6.92 Å². The van der Waals surface area contributed by atoms with Gasteiger partial charge in [0.25, 0.3) is 11.8 Å². The fraction of sp³-hybridized carbons (Fsp3) is 0.156. The van der Waals surface area contributed by atoms with Crippen molar-refractivity contribution in [1.82, 2.24) is 9.88 Å². The van der Waals surface area contributed by atoms with Gasteiger partial charge < -0.3 is 19.4 Å². The van der Waals surface area contributed by atoms with E-state index >= 15 is 0 Å². The molecule has 1 atom stereocenters. The Balaban J connectivity index is 1.20. The summed E-state index contributed by atoms with van der Waals surface area (Å²) in [6.45, 7) is 2.68. The Bertz CT molecular complexity index is 1630. The molecule has 1 aliphatic rings. The van der Waals surface area contributed by atoms with Crippen LogP contribution in [0.4, 0.5) is 5.69 Å². The molecule has 0 saturated carbocycles. The summed E-state index contributed by atoms with van der Waals surface area (Å²) in [5, 5.41) is 4.74. The third kappa shape index (κ3) is 5.39. The summed E-state index contributed by atoms with van der Waals surface area (Å²) in [6.07, 6.45) is 2.09. The zero-order chi connectivity index (χ0) is 27.5. The van der Waals surface area contributed by atoms with Crippen LogP contribution >= 0.6 is 11.3 Å². The molecule has 7 nitrogen and oxygen atoms in total. The van der Waals surface area contributed by atoms with Crippen LogP contribution in [0.1, 0.15) is 54.3 Å². The van der Waals surface area contributed by atoms with Gasteiger partial charge in [-0.2, -0.15) is 0 Å². The predicted molar refractivity (Wildman–Crippen MR) is 154 cm³/mol. The third-order valence-corrected chi connectivity index (χ3v) is 7.77. The summed E-state index contributed by atoms with van der Waals surface area (Å²) >= 11 is 1.46. The van der Waals surface area contributed by atoms with Gasteiger partial charge in [0.1, 0.15) is 12.0 Å². The minimum absolute atomic E-state index is 0.0250. The van der Waals surface area contributed by atoms with Crippen molar-refractivity contribution in [1.29, 1.82) is 0 Å². The number of nitrogens with zero attached hydrogens (tertiary/aromatic N) is 2. The summed E-state index contributed by atoms with van der Waals surface area (Å²) < 4.78 is 11.6. The van der Waals surface area contributed by atoms with E-state index in [1.165, 1.54) is 23.2 Å². The normalized spacial score (nSPS) is 14.4. The maximum atomic E-state index is 13.5. The number of carbonyl (C=O) groups excluding carboxylic acids is 2. The molecular weight excluding hydrogens is 522 g/mol. The SMILES string of the molecule is Cc1ccc(NC(=O)c2coc(COc3ccc4c(c3)[C@@H](c3ccccc3)N(C(=O)c3cccs3)CC4)n2)cc1. The summed E-state index contributed by atoms with van der Waals surface area (Å²) in [6, 6.07) is 27.1. The van der Waals surface area contributed by atoms with E-state index in [2.05, 4.69) is 28.5 Å². The highest BCUT2D eigenvalue weighted by molar-refractivity contribution is 7.12. The van der Waals surface area contributed by atoms with Crippen LogP contribution in [0.15, 0.2) is 101 Å². The first-order valence-corrected chi connectivity index (χ1v) is 13.9. The number of rotatable bonds is 7. The van der Waals surface area contributed by atoms with Crippen LogP contribution in [0.5, 0.6) is 5.75 Å². The number of hydrogen-bond donors (Lipinski definition) is 1. The fourth-order valence-corrected chi connectivity index (χ4v) is 5.58. The first-order chi connectivity index (χ1) is 19.5. The third-order valence-electron chi connectivity index (χ3n) is 6.91. The van der Waals surface area contributed by atoms with Crippen LogP contribution < -0.4 is 10.1 Å². The zero-order valence-electron chi connectivity index (χ0n) is 21.9. The van der Waals surface area contributed by atoms with Gasteiger partial charge in [-0.05, 0) is 65.7 Å². The van der Waals surface area contributed by atoms with Crippen LogP contribution in [-0.2, 0) is 13.0 Å². The highest BCUT2D eigenvalue weighted by Gasteiger charge is 2.33. The molecule has 5 aromatic rings. The number of hydrogen-bond acceptors (Lipinski definition) is 6. The van der Waals surface area contributed by atoms with E-state index in [0.717, 1.165) is 28.0 Å². The first-order valence-electron chi connectivity index (χ1n) is 13.0. The molecule has 0 aliphatic carbocycles. The van der Waals surface area contributed by atoms with Crippen molar-refractivity contribution in [2.45, 2.75) is 26.0 Å². The second-order valence-corrected chi connectivity index (χ2v) is 10.6. The molecule has 3 aromatic carbocycles. The molecule has 3 heterocycles. The lowest BCUT2D eigenvalue weighted by atomic mass is 9.88. The molecule has 0 spiro atoms. The minimum atomic E-state index is -0.353. The van der Waals surface area contributed by atoms with Gasteiger partial charge in [0.2, 0.25) is 5.89 Å². The van der Waals surface area contributed by atoms with E-state index in [4.69, 9.17) is 9.15 Å². The molecule has 40 heavy (non-hydrogen) atoms. The van der Waals surface area contributed by atoms with Gasteiger partial charge >= 0.3 is 0 Å². The number of amides is 2. The van der Waals surface area contributed by atoms with Gasteiger partial charge in [-0.25, -0.2) is 4.98 Å². The van der Waals surface area contributed by atoms with Crippen molar-refractivity contribution >= 4 is 28.8 Å². The Morgan fingerprint density at radius 3 is 2.65 bits per heavy atom. The van der Waals surface area contributed by atoms with Crippen molar-refractivity contribution < 1.29 is 18.7 Å². The molecule has 200 valence electrons. The van der Waals surface area contributed by atoms with Crippen molar-refractivity contribution in [3.05, 3.63) is 135 Å². The van der Waals surface area contributed by atoms with Crippen molar-refractivity contribution in [3.63, 3.8) is 0 Å². The number of fused-ring (bicyclic) bond motifs is 1. The number of anilines is 1. The van der Waals surface area contributed by atoms with Crippen molar-refractivity contribution in [2.24, 2.45) is 0 Å². The van der Waals surface area contributed by atoms with Crippen LogP contribution in [0.25, 0.3) is 0 Å². The number of oxazole rings is 1. The van der Waals surface area contributed by atoms with Crippen molar-refractivity contribution in [3.8, 4) is 5.75 Å². The van der Waals surface area contributed by atoms with Crippen LogP contribution in [0.2, 0.25) is 0 Å². The standard InChI is InChI=1S/C32H27N3O4S/c1-21-9-12-24(13-10-21)33-31(36)27-19-39-29(34-27)20-38-25-14-11-22-15-16-35(32(37)28-8-5-17-40-28)30(26(22)18-25)23-6-3-2-4-7-23/h2-14,17-19,30H,15-16,20H2,1H3,(H,33,36)/t30-/m1/s1. The lowest BCUT2D eigenvalue weighted by Crippen LogP contribution is -2.40. The van der Waals surface area contributed by atoms with E-state index in [9.17, 15) is 9.59 Å². The zero-order valence-corrected chi connectivity index (χ0v) is 22.7. The lowest BCUT2D eigenvalue weighted by molar-refractivity contribution is 0.0699. The van der Waals surface area contributed by atoms with E-state index in [1.54, 1.807) is 0 Å². The molecule has 1 N–H and O–H groups in total. The fourth-order valence-electron chi connectivity index (χ4n) is 4.90. The molecule has 0 saturated heterocycles. The largest absolute Gasteiger partial charge is 0.484 e. The quantitative estimate of drug-likeness (QED) is 0.245. The van der Waals surface area contributed by atoms with Crippen LogP contribution in [-0.4, -0.2) is 28.2 Å². The number of ether oxygens (including phenoxy) is 1. The van der Waals surface area contributed by atoms with E-state index in [-0.39, 0.29) is 30.2 Å². The Morgan fingerprint density at radius 2 is 1.88 bits per heavy atom. The Hall–Kier alpha value is -4.69. The minimum Gasteiger partial charge on any atom is -0.484 e. The van der Waals surface area contributed by atoms with Gasteiger partial charge in [0, 0.05) is 12.2 Å². The lowest BCUT2D eigenvalue weighted by Gasteiger charge is -2.37. The molecule has 0 fully saturated rings. The molecule has 0 unspecified atom stereocenters. The average molecular weight is 550 g/mol. The average Bonchev–Trinajstić information content (AvgIpc) is 3.70. The molecular formula is C32H27N3O4S. The van der Waals surface area contributed by atoms with Crippen LogP contribution in [0.3, 0.4) is 0 Å². The summed E-state index contributed by atoms with van der Waals surface area (Å²) in [7, 11) is 0. The van der Waals surface area contributed by atoms with Gasteiger partial charge in [-0.15, -0.1) is 11.3 Å². The molecule has 6 rings (SSSR count). The van der Waals surface area contributed by atoms with Crippen molar-refractivity contribution in [2.75, 3.05) is 11.9 Å². The maximum Gasteiger partial charge on any atom is 0.277 e. The highest BCUT2D eigenvalue weighted by Crippen LogP contribution is 2.38. The van der Waals surface area contributed by atoms with E-state index < -0.39 is 0 Å². The first kappa shape index (κ1) is 25.6. The number of nitrogens with one attached hydrogen (secondary N) is 1. The summed E-state index contributed by atoms with van der Waals surface area (Å²) in [4.78, 5) is 33.0. The van der Waals surface area contributed by atoms with Gasteiger partial charge in [-0.3, -0.25) is 9.59 Å². The monoisotopic (exact) mass is 549 g/mol. The smallest absolute Gasteiger partial charge is 0.277 e. The Kier molecular flexibility index (Phi) is 7.16.